The third-order valence-electron chi connectivity index (χ3n) is 4.45. The molecular weight excluding hydrogens is 264 g/mol. The highest BCUT2D eigenvalue weighted by Gasteiger charge is 2.41. The van der Waals surface area contributed by atoms with Gasteiger partial charge in [0.05, 0.1) is 12.0 Å². The summed E-state index contributed by atoms with van der Waals surface area (Å²) in [5, 5.41) is 3.11. The fourth-order valence-electron chi connectivity index (χ4n) is 3.20. The molecule has 4 heteroatoms. The van der Waals surface area contributed by atoms with Crippen LogP contribution in [0.25, 0.3) is 0 Å². The Kier molecular flexibility index (Phi) is 3.95. The van der Waals surface area contributed by atoms with Gasteiger partial charge in [-0.05, 0) is 31.7 Å². The number of hydrogen-bond acceptors (Lipinski definition) is 2. The van der Waals surface area contributed by atoms with Crippen molar-refractivity contribution in [2.24, 2.45) is 5.92 Å². The molecule has 2 fully saturated rings. The highest BCUT2D eigenvalue weighted by atomic mass is 16.2. The lowest BCUT2D eigenvalue weighted by Gasteiger charge is -2.40. The van der Waals surface area contributed by atoms with E-state index in [9.17, 15) is 9.59 Å². The number of benzene rings is 1. The average Bonchev–Trinajstić information content (AvgIpc) is 3.31. The number of carbonyl (C=O) groups is 2. The summed E-state index contributed by atoms with van der Waals surface area (Å²) in [7, 11) is 0. The van der Waals surface area contributed by atoms with Gasteiger partial charge in [0.25, 0.3) is 0 Å². The maximum Gasteiger partial charge on any atom is 0.225 e. The Morgan fingerprint density at radius 2 is 1.95 bits per heavy atom. The highest BCUT2D eigenvalue weighted by Crippen LogP contribution is 2.37. The average molecular weight is 286 g/mol. The van der Waals surface area contributed by atoms with E-state index in [2.05, 4.69) is 5.32 Å². The summed E-state index contributed by atoms with van der Waals surface area (Å²) in [5.74, 6) is 0.129. The van der Waals surface area contributed by atoms with Gasteiger partial charge in [0.15, 0.2) is 0 Å². The topological polar surface area (TPSA) is 49.4 Å². The van der Waals surface area contributed by atoms with Crippen molar-refractivity contribution in [3.8, 4) is 0 Å². The predicted octanol–water partition coefficient (Wildman–Crippen LogP) is 2.26. The molecule has 0 bridgehead atoms. The van der Waals surface area contributed by atoms with E-state index in [0.29, 0.717) is 25.4 Å². The third kappa shape index (κ3) is 2.94. The maximum absolute atomic E-state index is 12.6. The summed E-state index contributed by atoms with van der Waals surface area (Å²) in [5.41, 5.74) is 1.06. The second-order valence-corrected chi connectivity index (χ2v) is 5.96. The summed E-state index contributed by atoms with van der Waals surface area (Å²) in [6.45, 7) is 2.63. The molecule has 21 heavy (non-hydrogen) atoms. The van der Waals surface area contributed by atoms with Crippen LogP contribution >= 0.6 is 0 Å². The number of nitrogens with one attached hydrogen (secondary N) is 1. The quantitative estimate of drug-likeness (QED) is 0.923. The summed E-state index contributed by atoms with van der Waals surface area (Å²) >= 11 is 0. The zero-order valence-electron chi connectivity index (χ0n) is 12.4. The number of piperidine rings is 1. The Labute approximate surface area is 125 Å². The number of carbonyl (C=O) groups excluding carboxylic acids is 2. The van der Waals surface area contributed by atoms with Crippen LogP contribution in [-0.4, -0.2) is 29.3 Å². The second-order valence-electron chi connectivity index (χ2n) is 5.96. The lowest BCUT2D eigenvalue weighted by Crippen LogP contribution is -2.48. The summed E-state index contributed by atoms with van der Waals surface area (Å²) < 4.78 is 0. The van der Waals surface area contributed by atoms with Crippen LogP contribution < -0.4 is 5.32 Å². The molecule has 1 N–H and O–H groups in total. The number of nitrogens with zero attached hydrogens (tertiary/aromatic N) is 1. The zero-order valence-corrected chi connectivity index (χ0v) is 12.4. The van der Waals surface area contributed by atoms with Gasteiger partial charge in [0.2, 0.25) is 11.8 Å². The first-order chi connectivity index (χ1) is 10.2. The second kappa shape index (κ2) is 5.88. The molecule has 2 atom stereocenters. The Hall–Kier alpha value is -1.84. The first-order valence-electron chi connectivity index (χ1n) is 7.85. The molecule has 1 saturated carbocycles. The number of likely N-dealkylation sites (tertiary alicyclic amines) is 1. The van der Waals surface area contributed by atoms with Gasteiger partial charge in [-0.15, -0.1) is 0 Å². The van der Waals surface area contributed by atoms with Gasteiger partial charge in [0.1, 0.15) is 0 Å². The Morgan fingerprint density at radius 1 is 1.24 bits per heavy atom. The summed E-state index contributed by atoms with van der Waals surface area (Å²) in [6.07, 6.45) is 3.29. The molecule has 1 aromatic rings. The van der Waals surface area contributed by atoms with Crippen LogP contribution in [0.1, 0.15) is 44.2 Å². The van der Waals surface area contributed by atoms with Crippen molar-refractivity contribution < 1.29 is 9.59 Å². The molecule has 0 unspecified atom stereocenters. The van der Waals surface area contributed by atoms with Crippen LogP contribution in [0.4, 0.5) is 0 Å². The van der Waals surface area contributed by atoms with Crippen LogP contribution in [-0.2, 0) is 9.59 Å². The van der Waals surface area contributed by atoms with Gasteiger partial charge in [0, 0.05) is 19.0 Å². The van der Waals surface area contributed by atoms with E-state index in [1.165, 1.54) is 0 Å². The molecule has 1 heterocycles. The molecule has 112 valence electrons. The normalized spacial score (nSPS) is 25.8. The van der Waals surface area contributed by atoms with Crippen molar-refractivity contribution in [2.45, 2.75) is 44.7 Å². The molecule has 3 rings (SSSR count). The largest absolute Gasteiger partial charge is 0.353 e. The Bertz CT molecular complexity index is 525. The van der Waals surface area contributed by atoms with Crippen molar-refractivity contribution in [2.75, 3.05) is 6.54 Å². The predicted molar refractivity (Wildman–Crippen MR) is 80.5 cm³/mol. The van der Waals surface area contributed by atoms with Crippen molar-refractivity contribution in [1.29, 1.82) is 0 Å². The molecular formula is C17H22N2O2. The molecule has 2 aliphatic rings. The van der Waals surface area contributed by atoms with E-state index >= 15 is 0 Å². The Balaban J connectivity index is 1.88. The summed E-state index contributed by atoms with van der Waals surface area (Å²) in [6, 6.07) is 10.2. The van der Waals surface area contributed by atoms with E-state index in [1.54, 1.807) is 0 Å². The van der Waals surface area contributed by atoms with Gasteiger partial charge in [-0.25, -0.2) is 0 Å². The molecule has 2 amide bonds. The third-order valence-corrected chi connectivity index (χ3v) is 4.45. The number of rotatable bonds is 4. The minimum Gasteiger partial charge on any atom is -0.353 e. The molecule has 0 aromatic heterocycles. The van der Waals surface area contributed by atoms with Crippen molar-refractivity contribution in [3.05, 3.63) is 35.9 Å². The van der Waals surface area contributed by atoms with Crippen molar-refractivity contribution in [1.82, 2.24) is 10.2 Å². The lowest BCUT2D eigenvalue weighted by molar-refractivity contribution is -0.143. The molecule has 1 saturated heterocycles. The Morgan fingerprint density at radius 3 is 2.57 bits per heavy atom. The molecule has 1 aliphatic heterocycles. The maximum atomic E-state index is 12.6. The van der Waals surface area contributed by atoms with Gasteiger partial charge in [-0.3, -0.25) is 9.59 Å². The zero-order chi connectivity index (χ0) is 14.8. The van der Waals surface area contributed by atoms with Crippen LogP contribution in [0.5, 0.6) is 0 Å². The van der Waals surface area contributed by atoms with Crippen LogP contribution in [0, 0.1) is 5.92 Å². The first-order valence-corrected chi connectivity index (χ1v) is 7.85. The van der Waals surface area contributed by atoms with E-state index in [4.69, 9.17) is 0 Å². The highest BCUT2D eigenvalue weighted by molar-refractivity contribution is 5.85. The molecule has 0 radical (unpaired) electrons. The minimum absolute atomic E-state index is 0.109. The van der Waals surface area contributed by atoms with E-state index in [1.807, 2.05) is 42.2 Å². The monoisotopic (exact) mass is 286 g/mol. The number of amides is 2. The van der Waals surface area contributed by atoms with Gasteiger partial charge in [-0.1, -0.05) is 30.3 Å². The van der Waals surface area contributed by atoms with Crippen LogP contribution in [0.15, 0.2) is 30.3 Å². The fraction of sp³-hybridized carbons (Fsp3) is 0.529. The van der Waals surface area contributed by atoms with E-state index in [0.717, 1.165) is 18.4 Å². The SMILES string of the molecule is CCN1C(=O)CC[C@@H](C(=O)NC2CC2)[C@@H]1c1ccccc1. The standard InChI is InChI=1S/C17H22N2O2/c1-2-19-15(20)11-10-14(17(21)18-13-8-9-13)16(19)12-6-4-3-5-7-12/h3-7,13-14,16H,2,8-11H2,1H3,(H,18,21)/t14-,16+/m1/s1. The van der Waals surface area contributed by atoms with Gasteiger partial charge in [-0.2, -0.15) is 0 Å². The first kappa shape index (κ1) is 14.1. The van der Waals surface area contributed by atoms with Crippen LogP contribution in [0.2, 0.25) is 0 Å². The number of hydrogen-bond donors (Lipinski definition) is 1. The molecule has 0 spiro atoms. The lowest BCUT2D eigenvalue weighted by atomic mass is 9.83. The van der Waals surface area contributed by atoms with Crippen LogP contribution in [0.3, 0.4) is 0 Å². The van der Waals surface area contributed by atoms with E-state index < -0.39 is 0 Å². The van der Waals surface area contributed by atoms with Crippen molar-refractivity contribution in [3.63, 3.8) is 0 Å². The van der Waals surface area contributed by atoms with E-state index in [-0.39, 0.29) is 23.8 Å². The smallest absolute Gasteiger partial charge is 0.225 e. The summed E-state index contributed by atoms with van der Waals surface area (Å²) in [4.78, 5) is 26.6. The van der Waals surface area contributed by atoms with Gasteiger partial charge < -0.3 is 10.2 Å². The molecule has 1 aromatic carbocycles. The van der Waals surface area contributed by atoms with Crippen molar-refractivity contribution >= 4 is 11.8 Å². The molecule has 1 aliphatic carbocycles. The van der Waals surface area contributed by atoms with Gasteiger partial charge >= 0.3 is 0 Å². The molecule has 4 nitrogen and oxygen atoms in total. The minimum atomic E-state index is -0.134. The fourth-order valence-corrected chi connectivity index (χ4v) is 3.20.